The molecule has 2 aromatic rings. The van der Waals surface area contributed by atoms with Crippen LogP contribution in [0.2, 0.25) is 0 Å². The van der Waals surface area contributed by atoms with Gasteiger partial charge in [0.2, 0.25) is 0 Å². The maximum absolute atomic E-state index is 12.2. The van der Waals surface area contributed by atoms with Crippen molar-refractivity contribution in [3.63, 3.8) is 0 Å². The van der Waals surface area contributed by atoms with E-state index in [0.717, 1.165) is 16.8 Å². The van der Waals surface area contributed by atoms with Crippen LogP contribution in [0.1, 0.15) is 22.8 Å². The summed E-state index contributed by atoms with van der Waals surface area (Å²) in [7, 11) is 0. The number of benzene rings is 1. The number of carbonyl (C=O) groups excluding carboxylic acids is 1. The van der Waals surface area contributed by atoms with Crippen molar-refractivity contribution in [2.45, 2.75) is 13.5 Å². The molecule has 1 aromatic heterocycles. The largest absolute Gasteiger partial charge is 0.399 e. The van der Waals surface area contributed by atoms with E-state index >= 15 is 0 Å². The second kappa shape index (κ2) is 5.69. The molecule has 0 saturated heterocycles. The Morgan fingerprint density at radius 2 is 2.00 bits per heavy atom. The van der Waals surface area contributed by atoms with Crippen molar-refractivity contribution in [3.05, 3.63) is 52.2 Å². The summed E-state index contributed by atoms with van der Waals surface area (Å²) >= 11 is 1.54. The number of nitrogens with two attached hydrogens (primary N) is 1. The van der Waals surface area contributed by atoms with Crippen molar-refractivity contribution in [2.75, 3.05) is 12.3 Å². The maximum atomic E-state index is 12.2. The molecule has 1 amide bonds. The van der Waals surface area contributed by atoms with Gasteiger partial charge in [-0.05, 0) is 36.1 Å². The van der Waals surface area contributed by atoms with E-state index in [-0.39, 0.29) is 5.91 Å². The molecule has 2 rings (SSSR count). The highest BCUT2D eigenvalue weighted by molar-refractivity contribution is 7.08. The predicted octanol–water partition coefficient (Wildman–Crippen LogP) is 2.99. The van der Waals surface area contributed by atoms with Crippen LogP contribution >= 0.6 is 11.3 Å². The molecule has 3 nitrogen and oxygen atoms in total. The molecule has 0 radical (unpaired) electrons. The number of carbonyl (C=O) groups is 1. The van der Waals surface area contributed by atoms with Gasteiger partial charge in [0.25, 0.3) is 5.91 Å². The first-order valence-corrected chi connectivity index (χ1v) is 6.81. The monoisotopic (exact) mass is 260 g/mol. The van der Waals surface area contributed by atoms with Crippen LogP contribution in [-0.2, 0) is 6.54 Å². The molecule has 0 unspecified atom stereocenters. The molecule has 0 saturated carbocycles. The van der Waals surface area contributed by atoms with Gasteiger partial charge in [-0.2, -0.15) is 11.3 Å². The normalized spacial score (nSPS) is 10.3. The summed E-state index contributed by atoms with van der Waals surface area (Å²) in [5.41, 5.74) is 8.24. The topological polar surface area (TPSA) is 46.3 Å². The average Bonchev–Trinajstić information content (AvgIpc) is 2.91. The van der Waals surface area contributed by atoms with Crippen LogP contribution in [0.4, 0.5) is 5.69 Å². The van der Waals surface area contributed by atoms with Crippen LogP contribution in [0.5, 0.6) is 0 Å². The van der Waals surface area contributed by atoms with Gasteiger partial charge in [-0.15, -0.1) is 0 Å². The summed E-state index contributed by atoms with van der Waals surface area (Å²) in [4.78, 5) is 14.0. The lowest BCUT2D eigenvalue weighted by atomic mass is 10.2. The minimum atomic E-state index is 0.0792. The van der Waals surface area contributed by atoms with Crippen LogP contribution in [-0.4, -0.2) is 17.4 Å². The highest BCUT2D eigenvalue weighted by atomic mass is 32.1. The molecule has 4 heteroatoms. The van der Waals surface area contributed by atoms with E-state index in [1.165, 1.54) is 0 Å². The molecular weight excluding hydrogens is 244 g/mol. The lowest BCUT2D eigenvalue weighted by Crippen LogP contribution is -2.29. The highest BCUT2D eigenvalue weighted by Gasteiger charge is 2.14. The fourth-order valence-corrected chi connectivity index (χ4v) is 2.37. The van der Waals surface area contributed by atoms with E-state index in [4.69, 9.17) is 5.73 Å². The minimum absolute atomic E-state index is 0.0792. The van der Waals surface area contributed by atoms with Gasteiger partial charge in [0.15, 0.2) is 0 Å². The number of hydrogen-bond acceptors (Lipinski definition) is 3. The Balaban J connectivity index is 2.10. The summed E-state index contributed by atoms with van der Waals surface area (Å²) in [5, 5.41) is 3.80. The fourth-order valence-electron chi connectivity index (χ4n) is 1.74. The van der Waals surface area contributed by atoms with Gasteiger partial charge in [0.1, 0.15) is 0 Å². The third kappa shape index (κ3) is 2.90. The first kappa shape index (κ1) is 12.6. The third-order valence-electron chi connectivity index (χ3n) is 2.79. The third-order valence-corrected chi connectivity index (χ3v) is 3.47. The standard InChI is InChI=1S/C14H16N2OS/c1-2-16(14(17)12-7-8-18-10-12)9-11-3-5-13(15)6-4-11/h3-8,10H,2,9,15H2,1H3. The van der Waals surface area contributed by atoms with Gasteiger partial charge >= 0.3 is 0 Å². The summed E-state index contributed by atoms with van der Waals surface area (Å²) < 4.78 is 0. The van der Waals surface area contributed by atoms with Gasteiger partial charge < -0.3 is 10.6 Å². The smallest absolute Gasteiger partial charge is 0.254 e. The Hall–Kier alpha value is -1.81. The molecule has 2 N–H and O–H groups in total. The Kier molecular flexibility index (Phi) is 3.99. The van der Waals surface area contributed by atoms with E-state index < -0.39 is 0 Å². The zero-order valence-electron chi connectivity index (χ0n) is 10.3. The fraction of sp³-hybridized carbons (Fsp3) is 0.214. The number of nitrogen functional groups attached to an aromatic ring is 1. The molecule has 94 valence electrons. The van der Waals surface area contributed by atoms with Crippen molar-refractivity contribution in [1.82, 2.24) is 4.90 Å². The molecule has 18 heavy (non-hydrogen) atoms. The van der Waals surface area contributed by atoms with E-state index in [2.05, 4.69) is 0 Å². The lowest BCUT2D eigenvalue weighted by Gasteiger charge is -2.20. The minimum Gasteiger partial charge on any atom is -0.399 e. The van der Waals surface area contributed by atoms with Crippen molar-refractivity contribution in [2.24, 2.45) is 0 Å². The van der Waals surface area contributed by atoms with Crippen molar-refractivity contribution in [1.29, 1.82) is 0 Å². The molecule has 0 aliphatic rings. The summed E-state index contributed by atoms with van der Waals surface area (Å²) in [5.74, 6) is 0.0792. The first-order valence-electron chi connectivity index (χ1n) is 5.86. The second-order valence-corrected chi connectivity index (χ2v) is 4.85. The van der Waals surface area contributed by atoms with Gasteiger partial charge in [0, 0.05) is 24.2 Å². The Morgan fingerprint density at radius 1 is 1.28 bits per heavy atom. The number of nitrogens with zero attached hydrogens (tertiary/aromatic N) is 1. The number of anilines is 1. The van der Waals surface area contributed by atoms with Crippen molar-refractivity contribution >= 4 is 22.9 Å². The summed E-state index contributed by atoms with van der Waals surface area (Å²) in [6.07, 6.45) is 0. The van der Waals surface area contributed by atoms with Crippen molar-refractivity contribution < 1.29 is 4.79 Å². The number of rotatable bonds is 4. The molecule has 0 fully saturated rings. The number of amides is 1. The molecule has 0 aliphatic heterocycles. The van der Waals surface area contributed by atoms with Crippen molar-refractivity contribution in [3.8, 4) is 0 Å². The van der Waals surface area contributed by atoms with Gasteiger partial charge in [-0.25, -0.2) is 0 Å². The van der Waals surface area contributed by atoms with E-state index in [1.807, 2.05) is 52.9 Å². The van der Waals surface area contributed by atoms with E-state index in [0.29, 0.717) is 13.1 Å². The van der Waals surface area contributed by atoms with Crippen LogP contribution in [0, 0.1) is 0 Å². The zero-order chi connectivity index (χ0) is 13.0. The summed E-state index contributed by atoms with van der Waals surface area (Å²) in [6.45, 7) is 3.30. The molecular formula is C14H16N2OS. The Morgan fingerprint density at radius 3 is 2.56 bits per heavy atom. The SMILES string of the molecule is CCN(Cc1ccc(N)cc1)C(=O)c1ccsc1. The Bertz CT molecular complexity index is 505. The zero-order valence-corrected chi connectivity index (χ0v) is 11.1. The van der Waals surface area contributed by atoms with Crippen LogP contribution in [0.25, 0.3) is 0 Å². The van der Waals surface area contributed by atoms with E-state index in [9.17, 15) is 4.79 Å². The van der Waals surface area contributed by atoms with Gasteiger partial charge in [-0.3, -0.25) is 4.79 Å². The molecule has 0 aliphatic carbocycles. The summed E-state index contributed by atoms with van der Waals surface area (Å²) in [6, 6.07) is 9.49. The van der Waals surface area contributed by atoms with Crippen LogP contribution < -0.4 is 5.73 Å². The lowest BCUT2D eigenvalue weighted by molar-refractivity contribution is 0.0753. The van der Waals surface area contributed by atoms with E-state index in [1.54, 1.807) is 11.3 Å². The molecule has 1 heterocycles. The van der Waals surface area contributed by atoms with Crippen LogP contribution in [0.3, 0.4) is 0 Å². The number of hydrogen-bond donors (Lipinski definition) is 1. The number of thiophene rings is 1. The second-order valence-electron chi connectivity index (χ2n) is 4.07. The maximum Gasteiger partial charge on any atom is 0.254 e. The van der Waals surface area contributed by atoms with Crippen LogP contribution in [0.15, 0.2) is 41.1 Å². The quantitative estimate of drug-likeness (QED) is 0.859. The predicted molar refractivity (Wildman–Crippen MR) is 75.6 cm³/mol. The molecule has 0 atom stereocenters. The first-order chi connectivity index (χ1) is 8.70. The molecule has 1 aromatic carbocycles. The van der Waals surface area contributed by atoms with Gasteiger partial charge in [0.05, 0.1) is 5.56 Å². The average molecular weight is 260 g/mol. The molecule has 0 bridgehead atoms. The highest BCUT2D eigenvalue weighted by Crippen LogP contribution is 2.13. The molecule has 0 spiro atoms. The van der Waals surface area contributed by atoms with Gasteiger partial charge in [-0.1, -0.05) is 12.1 Å². The Labute approximate surface area is 111 Å².